The number of hydrogen-bond donors (Lipinski definition) is 2. The van der Waals surface area contributed by atoms with Crippen LogP contribution < -0.4 is 0 Å². The minimum Gasteiger partial charge on any atom is -0.394 e. The summed E-state index contributed by atoms with van der Waals surface area (Å²) < 4.78 is 23.7. The third kappa shape index (κ3) is 4.20. The maximum absolute atomic E-state index is 10.6. The van der Waals surface area contributed by atoms with E-state index in [2.05, 4.69) is 0 Å². The van der Waals surface area contributed by atoms with E-state index in [1.54, 1.807) is 48.5 Å². The van der Waals surface area contributed by atoms with Crippen molar-refractivity contribution < 1.29 is 29.2 Å². The Hall–Kier alpha value is -1.22. The van der Waals surface area contributed by atoms with Crippen LogP contribution in [0.4, 0.5) is 0 Å². The van der Waals surface area contributed by atoms with Crippen molar-refractivity contribution in [2.75, 3.05) is 13.2 Å². The second-order valence-corrected chi connectivity index (χ2v) is 7.60. The van der Waals surface area contributed by atoms with Gasteiger partial charge < -0.3 is 29.2 Å². The van der Waals surface area contributed by atoms with E-state index >= 15 is 0 Å². The highest BCUT2D eigenvalue weighted by Gasteiger charge is 2.47. The molecule has 2 aromatic rings. The zero-order valence-corrected chi connectivity index (χ0v) is 16.3. The first-order chi connectivity index (χ1) is 13.5. The van der Waals surface area contributed by atoms with Gasteiger partial charge in [-0.3, -0.25) is 0 Å². The lowest BCUT2D eigenvalue weighted by molar-refractivity contribution is -0.322. The number of ether oxygens (including phenoxy) is 4. The molecule has 2 heterocycles. The van der Waals surface area contributed by atoms with Gasteiger partial charge in [-0.05, 0) is 24.3 Å². The Kier molecular flexibility index (Phi) is 6.20. The Bertz CT molecular complexity index is 741. The molecule has 6 nitrogen and oxygen atoms in total. The normalized spacial score (nSPS) is 33.1. The van der Waals surface area contributed by atoms with Crippen molar-refractivity contribution in [3.05, 3.63) is 69.7 Å². The van der Waals surface area contributed by atoms with Crippen LogP contribution in [0.25, 0.3) is 0 Å². The molecule has 8 heteroatoms. The molecule has 0 amide bonds. The van der Waals surface area contributed by atoms with Crippen molar-refractivity contribution in [2.24, 2.45) is 0 Å². The smallest absolute Gasteiger partial charge is 0.184 e. The summed E-state index contributed by atoms with van der Waals surface area (Å²) in [5, 5.41) is 21.7. The van der Waals surface area contributed by atoms with Gasteiger partial charge in [0, 0.05) is 21.2 Å². The van der Waals surface area contributed by atoms with Crippen LogP contribution in [-0.4, -0.2) is 47.8 Å². The Morgan fingerprint density at radius 1 is 0.786 bits per heavy atom. The van der Waals surface area contributed by atoms with Gasteiger partial charge in [-0.15, -0.1) is 0 Å². The quantitative estimate of drug-likeness (QED) is 0.784. The fourth-order valence-corrected chi connectivity index (χ4v) is 3.61. The molecule has 0 aromatic heterocycles. The monoisotopic (exact) mass is 426 g/mol. The van der Waals surface area contributed by atoms with Crippen LogP contribution in [0.1, 0.15) is 23.7 Å². The Morgan fingerprint density at radius 3 is 1.89 bits per heavy atom. The molecule has 2 fully saturated rings. The van der Waals surface area contributed by atoms with Crippen LogP contribution in [-0.2, 0) is 18.9 Å². The topological polar surface area (TPSA) is 77.4 Å². The van der Waals surface area contributed by atoms with Gasteiger partial charge >= 0.3 is 0 Å². The van der Waals surface area contributed by atoms with Gasteiger partial charge in [-0.1, -0.05) is 47.5 Å². The minimum absolute atomic E-state index is 0.0138. The second-order valence-electron chi connectivity index (χ2n) is 6.73. The lowest BCUT2D eigenvalue weighted by Gasteiger charge is -2.41. The number of benzene rings is 2. The summed E-state index contributed by atoms with van der Waals surface area (Å²) >= 11 is 11.9. The van der Waals surface area contributed by atoms with E-state index in [1.165, 1.54) is 0 Å². The van der Waals surface area contributed by atoms with Crippen LogP contribution in [0, 0.1) is 0 Å². The molecule has 0 spiro atoms. The Morgan fingerprint density at radius 2 is 1.32 bits per heavy atom. The summed E-state index contributed by atoms with van der Waals surface area (Å²) in [6, 6.07) is 14.0. The van der Waals surface area contributed by atoms with E-state index in [1.807, 2.05) is 0 Å². The van der Waals surface area contributed by atoms with Crippen LogP contribution in [0.5, 0.6) is 0 Å². The van der Waals surface area contributed by atoms with E-state index in [9.17, 15) is 10.2 Å². The van der Waals surface area contributed by atoms with Crippen LogP contribution in [0.15, 0.2) is 48.5 Å². The molecule has 0 aliphatic carbocycles. The molecule has 6 atom stereocenters. The molecule has 2 aliphatic rings. The van der Waals surface area contributed by atoms with Crippen molar-refractivity contribution in [3.8, 4) is 0 Å². The van der Waals surface area contributed by atoms with Crippen molar-refractivity contribution in [1.82, 2.24) is 0 Å². The maximum atomic E-state index is 10.6. The molecule has 2 aromatic carbocycles. The summed E-state index contributed by atoms with van der Waals surface area (Å²) in [7, 11) is 0. The molecule has 150 valence electrons. The lowest BCUT2D eigenvalue weighted by Crippen LogP contribution is -2.54. The van der Waals surface area contributed by atoms with E-state index in [0.29, 0.717) is 10.0 Å². The van der Waals surface area contributed by atoms with Crippen molar-refractivity contribution in [1.29, 1.82) is 0 Å². The number of fused-ring (bicyclic) bond motifs is 1. The minimum atomic E-state index is -0.949. The van der Waals surface area contributed by atoms with Crippen molar-refractivity contribution >= 4 is 23.2 Å². The Balaban J connectivity index is 1.57. The molecule has 4 rings (SSSR count). The van der Waals surface area contributed by atoms with Gasteiger partial charge in [0.1, 0.15) is 24.4 Å². The Labute approximate surface area is 172 Å². The fraction of sp³-hybridized carbons (Fsp3) is 0.400. The molecule has 0 bridgehead atoms. The highest BCUT2D eigenvalue weighted by molar-refractivity contribution is 6.30. The summed E-state index contributed by atoms with van der Waals surface area (Å²) in [6.45, 7) is -0.283. The number of aliphatic hydroxyl groups is 2. The first-order valence-corrected chi connectivity index (χ1v) is 9.68. The molecule has 2 aliphatic heterocycles. The third-order valence-corrected chi connectivity index (χ3v) is 5.32. The van der Waals surface area contributed by atoms with E-state index in [0.717, 1.165) is 11.1 Å². The number of hydrogen-bond acceptors (Lipinski definition) is 6. The number of aliphatic hydroxyl groups excluding tert-OH is 2. The number of halogens is 2. The molecular formula is C20H20Cl2O6. The lowest BCUT2D eigenvalue weighted by atomic mass is 10.0. The third-order valence-electron chi connectivity index (χ3n) is 4.81. The van der Waals surface area contributed by atoms with E-state index < -0.39 is 37.0 Å². The standard InChI is InChI=1S/C20H20Cl2O6/c21-13-5-1-11(2-6-13)19-25-10-15(24)17-18(28-19)16(9-23)26-20(27-17)12-3-7-14(22)8-4-12/h1-8,15-20,23-24H,9-10H2/t15-,16+,17+,18+,19?,20?/m0/s1. The van der Waals surface area contributed by atoms with E-state index in [-0.39, 0.29) is 13.2 Å². The van der Waals surface area contributed by atoms with Crippen LogP contribution in [0.3, 0.4) is 0 Å². The SMILES string of the molecule is OC[C@H]1OC(c2ccc(Cl)cc2)O[C@H]2[C@@H]1OC(c1ccc(Cl)cc1)OC[C@@H]2O. The van der Waals surface area contributed by atoms with Gasteiger partial charge in [0.2, 0.25) is 0 Å². The summed E-state index contributed by atoms with van der Waals surface area (Å²) in [4.78, 5) is 0. The highest BCUT2D eigenvalue weighted by atomic mass is 35.5. The average molecular weight is 427 g/mol. The second kappa shape index (κ2) is 8.65. The largest absolute Gasteiger partial charge is 0.394 e. The molecule has 2 saturated heterocycles. The summed E-state index contributed by atoms with van der Waals surface area (Å²) in [6.07, 6.45) is -4.60. The predicted octanol–water partition coefficient (Wildman–Crippen LogP) is 3.24. The maximum Gasteiger partial charge on any atom is 0.184 e. The fourth-order valence-electron chi connectivity index (χ4n) is 3.36. The van der Waals surface area contributed by atoms with Crippen molar-refractivity contribution in [3.63, 3.8) is 0 Å². The predicted molar refractivity (Wildman–Crippen MR) is 102 cm³/mol. The van der Waals surface area contributed by atoms with Gasteiger partial charge in [0.05, 0.1) is 13.2 Å². The molecule has 0 saturated carbocycles. The van der Waals surface area contributed by atoms with Crippen LogP contribution in [0.2, 0.25) is 10.0 Å². The van der Waals surface area contributed by atoms with Crippen molar-refractivity contribution in [2.45, 2.75) is 37.0 Å². The summed E-state index contributed by atoms with van der Waals surface area (Å²) in [5.74, 6) is 0. The zero-order chi connectivity index (χ0) is 19.7. The first-order valence-electron chi connectivity index (χ1n) is 8.93. The molecule has 2 unspecified atom stereocenters. The van der Waals surface area contributed by atoms with Gasteiger partial charge in [-0.25, -0.2) is 0 Å². The molecular weight excluding hydrogens is 407 g/mol. The van der Waals surface area contributed by atoms with Gasteiger partial charge in [-0.2, -0.15) is 0 Å². The summed E-state index contributed by atoms with van der Waals surface area (Å²) in [5.41, 5.74) is 1.47. The molecule has 28 heavy (non-hydrogen) atoms. The molecule has 2 N–H and O–H groups in total. The van der Waals surface area contributed by atoms with E-state index in [4.69, 9.17) is 42.1 Å². The zero-order valence-electron chi connectivity index (χ0n) is 14.8. The van der Waals surface area contributed by atoms with Gasteiger partial charge in [0.15, 0.2) is 12.6 Å². The highest BCUT2D eigenvalue weighted by Crippen LogP contribution is 2.38. The number of rotatable bonds is 3. The first kappa shape index (κ1) is 20.1. The molecule has 0 radical (unpaired) electrons. The average Bonchev–Trinajstić information content (AvgIpc) is 2.88. The van der Waals surface area contributed by atoms with Gasteiger partial charge in [0.25, 0.3) is 0 Å². The van der Waals surface area contributed by atoms with Crippen LogP contribution >= 0.6 is 23.2 Å².